The van der Waals surface area contributed by atoms with Crippen molar-refractivity contribution in [1.29, 1.82) is 0 Å². The van der Waals surface area contributed by atoms with Crippen LogP contribution in [0.2, 0.25) is 0 Å². The maximum absolute atomic E-state index is 10.1. The molecular weight excluding hydrogens is 212 g/mol. The molecule has 1 aliphatic rings. The average Bonchev–Trinajstić information content (AvgIpc) is 2.33. The first-order chi connectivity index (χ1) is 5.11. The first kappa shape index (κ1) is 10.9. The average molecular weight is 216 g/mol. The molecule has 0 saturated heterocycles. The molecule has 1 aliphatic carbocycles. The third-order valence-corrected chi connectivity index (χ3v) is 1.35. The van der Waals surface area contributed by atoms with Gasteiger partial charge in [-0.15, -0.1) is 0 Å². The summed E-state index contributed by atoms with van der Waals surface area (Å²) in [5.41, 5.74) is -0.112. The summed E-state index contributed by atoms with van der Waals surface area (Å²) in [6.45, 7) is 0. The second-order valence-electron chi connectivity index (χ2n) is 2.11. The topological polar surface area (TPSA) is 80.3 Å². The minimum atomic E-state index is -1.37. The number of hydrogen-bond acceptors (Lipinski definition) is 4. The zero-order valence-electron chi connectivity index (χ0n) is 5.74. The Labute approximate surface area is 79.1 Å². The van der Waals surface area contributed by atoms with Gasteiger partial charge in [0.25, 0.3) is 0 Å². The van der Waals surface area contributed by atoms with E-state index in [4.69, 9.17) is 0 Å². The molecule has 0 aromatic heterocycles. The quantitative estimate of drug-likeness (QED) is 0.481. The van der Waals surface area contributed by atoms with Gasteiger partial charge in [-0.2, -0.15) is 0 Å². The smallest absolute Gasteiger partial charge is 0.549 e. The largest absolute Gasteiger partial charge is 2.00 e. The summed E-state index contributed by atoms with van der Waals surface area (Å²) in [6.07, 6.45) is 3.50. The number of carbonyl (C=O) groups is 2. The van der Waals surface area contributed by atoms with Gasteiger partial charge >= 0.3 is 17.1 Å². The van der Waals surface area contributed by atoms with Crippen molar-refractivity contribution in [2.24, 2.45) is 5.92 Å². The van der Waals surface area contributed by atoms with Crippen LogP contribution in [0.25, 0.3) is 0 Å². The molecule has 0 aromatic carbocycles. The minimum Gasteiger partial charge on any atom is -0.549 e. The van der Waals surface area contributed by atoms with Gasteiger partial charge in [0.05, 0.1) is 11.9 Å². The van der Waals surface area contributed by atoms with Gasteiger partial charge in [0.15, 0.2) is 0 Å². The Morgan fingerprint density at radius 1 is 1.33 bits per heavy atom. The Balaban J connectivity index is 0.00000121. The van der Waals surface area contributed by atoms with Crippen LogP contribution in [0, 0.1) is 5.92 Å². The molecule has 0 aliphatic heterocycles. The monoisotopic (exact) mass is 215 g/mol. The summed E-state index contributed by atoms with van der Waals surface area (Å²) in [4.78, 5) is 20.3. The van der Waals surface area contributed by atoms with E-state index in [1.165, 1.54) is 12.2 Å². The second kappa shape index (κ2) is 4.09. The van der Waals surface area contributed by atoms with Crippen LogP contribution < -0.4 is 10.2 Å². The van der Waals surface area contributed by atoms with E-state index in [-0.39, 0.29) is 22.6 Å². The molecule has 0 heterocycles. The number of carboxylic acid groups (broad SMARTS) is 2. The van der Waals surface area contributed by atoms with Crippen LogP contribution in [0.4, 0.5) is 0 Å². The standard InChI is InChI=1S/C7H6O4.Cu/c8-6(9)4-1-2-5(3-4)7(10)11;/h1-4H,(H,8,9)(H,10,11);/q;+2/p-2. The van der Waals surface area contributed by atoms with Crippen molar-refractivity contribution >= 4 is 11.9 Å². The van der Waals surface area contributed by atoms with Gasteiger partial charge in [-0.25, -0.2) is 0 Å². The van der Waals surface area contributed by atoms with Crippen LogP contribution in [-0.4, -0.2) is 11.9 Å². The molecule has 0 bridgehead atoms. The SMILES string of the molecule is O=C([O-])C1=CC(C(=O)[O-])C=C1.[Cu+2]. The van der Waals surface area contributed by atoms with Gasteiger partial charge in [0.2, 0.25) is 0 Å². The molecule has 1 atom stereocenters. The van der Waals surface area contributed by atoms with E-state index in [0.717, 1.165) is 6.08 Å². The van der Waals surface area contributed by atoms with Crippen molar-refractivity contribution in [2.75, 3.05) is 0 Å². The van der Waals surface area contributed by atoms with E-state index >= 15 is 0 Å². The molecule has 1 rings (SSSR count). The predicted molar refractivity (Wildman–Crippen MR) is 30.7 cm³/mol. The Kier molecular flexibility index (Phi) is 3.73. The van der Waals surface area contributed by atoms with Crippen LogP contribution >= 0.6 is 0 Å². The molecule has 12 heavy (non-hydrogen) atoms. The zero-order chi connectivity index (χ0) is 8.43. The molecule has 0 amide bonds. The van der Waals surface area contributed by atoms with Gasteiger partial charge in [-0.3, -0.25) is 0 Å². The third kappa shape index (κ3) is 2.22. The number of carbonyl (C=O) groups excluding carboxylic acids is 2. The fourth-order valence-corrected chi connectivity index (χ4v) is 0.795. The molecule has 0 fully saturated rings. The van der Waals surface area contributed by atoms with Crippen LogP contribution in [0.1, 0.15) is 0 Å². The van der Waals surface area contributed by atoms with Crippen LogP contribution in [-0.2, 0) is 26.7 Å². The molecule has 0 aromatic rings. The first-order valence-corrected chi connectivity index (χ1v) is 2.93. The van der Waals surface area contributed by atoms with Crippen LogP contribution in [0.15, 0.2) is 23.8 Å². The number of aliphatic carboxylic acids is 2. The molecule has 0 spiro atoms. The third-order valence-electron chi connectivity index (χ3n) is 1.35. The van der Waals surface area contributed by atoms with Gasteiger partial charge in [-0.1, -0.05) is 18.2 Å². The van der Waals surface area contributed by atoms with Gasteiger partial charge < -0.3 is 19.8 Å². The second-order valence-corrected chi connectivity index (χ2v) is 2.11. The molecule has 67 valence electrons. The first-order valence-electron chi connectivity index (χ1n) is 2.93. The number of carboxylic acids is 2. The maximum Gasteiger partial charge on any atom is 2.00 e. The Bertz CT molecular complexity index is 267. The molecule has 1 radical (unpaired) electrons. The number of rotatable bonds is 2. The van der Waals surface area contributed by atoms with E-state index in [2.05, 4.69) is 0 Å². The molecular formula is C7H4CuO4. The molecule has 0 N–H and O–H groups in total. The summed E-state index contributed by atoms with van der Waals surface area (Å²) < 4.78 is 0. The number of hydrogen-bond donors (Lipinski definition) is 0. The molecule has 1 unspecified atom stereocenters. The Hall–Kier alpha value is -1.06. The van der Waals surface area contributed by atoms with Crippen molar-refractivity contribution in [3.8, 4) is 0 Å². The molecule has 5 heteroatoms. The summed E-state index contributed by atoms with van der Waals surface area (Å²) >= 11 is 0. The zero-order valence-corrected chi connectivity index (χ0v) is 6.69. The van der Waals surface area contributed by atoms with Gasteiger partial charge in [0.1, 0.15) is 0 Å². The fraction of sp³-hybridized carbons (Fsp3) is 0.143. The maximum atomic E-state index is 10.1. The van der Waals surface area contributed by atoms with Gasteiger partial charge in [-0.05, 0) is 5.57 Å². The van der Waals surface area contributed by atoms with E-state index in [0.29, 0.717) is 0 Å². The van der Waals surface area contributed by atoms with Crippen LogP contribution in [0.3, 0.4) is 0 Å². The fourth-order valence-electron chi connectivity index (χ4n) is 0.795. The minimum absolute atomic E-state index is 0. The summed E-state index contributed by atoms with van der Waals surface area (Å²) in [5.74, 6) is -3.61. The van der Waals surface area contributed by atoms with Crippen molar-refractivity contribution < 1.29 is 36.9 Å². The van der Waals surface area contributed by atoms with Crippen molar-refractivity contribution in [3.63, 3.8) is 0 Å². The Morgan fingerprint density at radius 2 is 1.92 bits per heavy atom. The van der Waals surface area contributed by atoms with Crippen molar-refractivity contribution in [1.82, 2.24) is 0 Å². The summed E-state index contributed by atoms with van der Waals surface area (Å²) in [6, 6.07) is 0. The van der Waals surface area contributed by atoms with Crippen LogP contribution in [0.5, 0.6) is 0 Å². The van der Waals surface area contributed by atoms with E-state index < -0.39 is 17.9 Å². The summed E-state index contributed by atoms with van der Waals surface area (Å²) in [7, 11) is 0. The van der Waals surface area contributed by atoms with E-state index in [9.17, 15) is 19.8 Å². The van der Waals surface area contributed by atoms with Crippen molar-refractivity contribution in [2.45, 2.75) is 0 Å². The van der Waals surface area contributed by atoms with E-state index in [1.807, 2.05) is 0 Å². The van der Waals surface area contributed by atoms with Crippen molar-refractivity contribution in [3.05, 3.63) is 23.8 Å². The van der Waals surface area contributed by atoms with E-state index in [1.54, 1.807) is 0 Å². The Morgan fingerprint density at radius 3 is 2.17 bits per heavy atom. The molecule has 0 saturated carbocycles. The van der Waals surface area contributed by atoms with Gasteiger partial charge in [0, 0.05) is 5.92 Å². The normalized spacial score (nSPS) is 19.7. The molecule has 4 nitrogen and oxygen atoms in total. The summed E-state index contributed by atoms with van der Waals surface area (Å²) in [5, 5.41) is 20.3. The predicted octanol–water partition coefficient (Wildman–Crippen LogP) is -2.40.